The fourth-order valence-electron chi connectivity index (χ4n) is 3.43. The predicted octanol–water partition coefficient (Wildman–Crippen LogP) is 3.87. The molecule has 26 heavy (non-hydrogen) atoms. The van der Waals surface area contributed by atoms with Gasteiger partial charge < -0.3 is 5.32 Å². The minimum absolute atomic E-state index is 0.195. The van der Waals surface area contributed by atoms with E-state index < -0.39 is 0 Å². The molecule has 5 nitrogen and oxygen atoms in total. The lowest BCUT2D eigenvalue weighted by atomic mass is 10.0. The first-order chi connectivity index (χ1) is 12.5. The van der Waals surface area contributed by atoms with Gasteiger partial charge in [-0.3, -0.25) is 14.2 Å². The van der Waals surface area contributed by atoms with Gasteiger partial charge in [0.05, 0.1) is 28.2 Å². The third kappa shape index (κ3) is 2.69. The summed E-state index contributed by atoms with van der Waals surface area (Å²) in [5, 5.41) is 4.01. The molecule has 4 rings (SSSR count). The topological polar surface area (TPSA) is 64.0 Å². The molecule has 1 amide bonds. The molecule has 132 valence electrons. The van der Waals surface area contributed by atoms with E-state index in [-0.39, 0.29) is 17.5 Å². The summed E-state index contributed by atoms with van der Waals surface area (Å²) in [7, 11) is 0. The van der Waals surface area contributed by atoms with Crippen molar-refractivity contribution in [2.24, 2.45) is 5.92 Å². The van der Waals surface area contributed by atoms with E-state index in [9.17, 15) is 9.59 Å². The summed E-state index contributed by atoms with van der Waals surface area (Å²) in [6.45, 7) is 4.15. The predicted molar refractivity (Wildman–Crippen MR) is 102 cm³/mol. The van der Waals surface area contributed by atoms with Crippen LogP contribution in [0.25, 0.3) is 16.6 Å². The monoisotopic (exact) mass is 367 g/mol. The van der Waals surface area contributed by atoms with Crippen LogP contribution in [0.1, 0.15) is 42.5 Å². The zero-order valence-electron chi connectivity index (χ0n) is 14.5. The van der Waals surface area contributed by atoms with Crippen LogP contribution in [0.15, 0.2) is 47.3 Å². The molecule has 2 heterocycles. The summed E-state index contributed by atoms with van der Waals surface area (Å²) in [5.41, 5.74) is 1.32. The molecule has 3 aromatic rings. The Morgan fingerprint density at radius 3 is 2.73 bits per heavy atom. The normalized spacial score (nSPS) is 16.2. The van der Waals surface area contributed by atoms with Gasteiger partial charge in [-0.1, -0.05) is 37.6 Å². The fourth-order valence-corrected chi connectivity index (χ4v) is 3.60. The molecule has 0 fully saturated rings. The van der Waals surface area contributed by atoms with Gasteiger partial charge in [0.1, 0.15) is 5.82 Å². The lowest BCUT2D eigenvalue weighted by Gasteiger charge is -2.20. The third-order valence-corrected chi connectivity index (χ3v) is 4.81. The first-order valence-corrected chi connectivity index (χ1v) is 8.96. The van der Waals surface area contributed by atoms with E-state index in [4.69, 9.17) is 16.6 Å². The average Bonchev–Trinajstić information content (AvgIpc) is 2.70. The number of halogens is 1. The van der Waals surface area contributed by atoms with E-state index in [1.165, 1.54) is 4.57 Å². The van der Waals surface area contributed by atoms with Gasteiger partial charge in [0.25, 0.3) is 11.5 Å². The quantitative estimate of drug-likeness (QED) is 0.747. The van der Waals surface area contributed by atoms with E-state index in [1.54, 1.807) is 24.3 Å². The van der Waals surface area contributed by atoms with Crippen molar-refractivity contribution in [3.05, 3.63) is 69.2 Å². The van der Waals surface area contributed by atoms with Gasteiger partial charge in [-0.05, 0) is 42.7 Å². The Morgan fingerprint density at radius 1 is 1.19 bits per heavy atom. The molecule has 0 aliphatic carbocycles. The maximum atomic E-state index is 13.3. The maximum Gasteiger partial charge on any atom is 0.266 e. The van der Waals surface area contributed by atoms with Crippen LogP contribution >= 0.6 is 11.6 Å². The second-order valence-corrected chi connectivity index (χ2v) is 7.38. The Labute approximate surface area is 155 Å². The molecule has 0 bridgehead atoms. The first-order valence-electron chi connectivity index (χ1n) is 8.58. The van der Waals surface area contributed by atoms with Crippen LogP contribution in [0.5, 0.6) is 0 Å². The van der Waals surface area contributed by atoms with Crippen LogP contribution < -0.4 is 10.9 Å². The number of fused-ring (bicyclic) bond motifs is 4. The van der Waals surface area contributed by atoms with Crippen molar-refractivity contribution < 1.29 is 4.79 Å². The highest BCUT2D eigenvalue weighted by Gasteiger charge is 2.30. The van der Waals surface area contributed by atoms with E-state index >= 15 is 0 Å². The molecule has 1 aliphatic heterocycles. The molecule has 1 atom stereocenters. The molecule has 6 heteroatoms. The molecule has 1 aromatic heterocycles. The van der Waals surface area contributed by atoms with Crippen LogP contribution in [0.2, 0.25) is 5.02 Å². The highest BCUT2D eigenvalue weighted by molar-refractivity contribution is 6.31. The van der Waals surface area contributed by atoms with E-state index in [0.717, 1.165) is 0 Å². The van der Waals surface area contributed by atoms with Crippen molar-refractivity contribution in [3.63, 3.8) is 0 Å². The summed E-state index contributed by atoms with van der Waals surface area (Å²) in [6.07, 6.45) is 0.679. The highest BCUT2D eigenvalue weighted by atomic mass is 35.5. The summed E-state index contributed by atoms with van der Waals surface area (Å²) < 4.78 is 1.54. The van der Waals surface area contributed by atoms with Crippen molar-refractivity contribution >= 4 is 28.4 Å². The highest BCUT2D eigenvalue weighted by Crippen LogP contribution is 2.29. The number of para-hydroxylation sites is 1. The van der Waals surface area contributed by atoms with Crippen LogP contribution in [0.4, 0.5) is 0 Å². The Kier molecular flexibility index (Phi) is 4.04. The van der Waals surface area contributed by atoms with Gasteiger partial charge in [0, 0.05) is 5.02 Å². The lowest BCUT2D eigenvalue weighted by molar-refractivity contribution is 0.0933. The van der Waals surface area contributed by atoms with Gasteiger partial charge in [0.2, 0.25) is 0 Å². The Hall–Kier alpha value is -2.66. The molecule has 2 aromatic carbocycles. The zero-order chi connectivity index (χ0) is 18.4. The Bertz CT molecular complexity index is 1090. The van der Waals surface area contributed by atoms with Crippen molar-refractivity contribution in [1.29, 1.82) is 0 Å². The summed E-state index contributed by atoms with van der Waals surface area (Å²) in [5.74, 6) is 0.634. The van der Waals surface area contributed by atoms with E-state index in [2.05, 4.69) is 19.2 Å². The van der Waals surface area contributed by atoms with Gasteiger partial charge in [0.15, 0.2) is 0 Å². The van der Waals surface area contributed by atoms with Gasteiger partial charge in [-0.25, -0.2) is 4.98 Å². The third-order valence-electron chi connectivity index (χ3n) is 4.57. The first kappa shape index (κ1) is 16.8. The van der Waals surface area contributed by atoms with Gasteiger partial charge in [-0.15, -0.1) is 0 Å². The Morgan fingerprint density at radius 2 is 1.96 bits per heavy atom. The van der Waals surface area contributed by atoms with Crippen LogP contribution in [-0.4, -0.2) is 15.5 Å². The average molecular weight is 368 g/mol. The Balaban J connectivity index is 2.12. The van der Waals surface area contributed by atoms with Crippen molar-refractivity contribution in [3.8, 4) is 5.69 Å². The number of benzene rings is 2. The number of carbonyl (C=O) groups excluding carboxylic acids is 1. The van der Waals surface area contributed by atoms with Crippen LogP contribution in [-0.2, 0) is 0 Å². The number of rotatable bonds is 2. The number of hydrogen-bond acceptors (Lipinski definition) is 3. The smallest absolute Gasteiger partial charge is 0.266 e. The van der Waals surface area contributed by atoms with E-state index in [1.807, 2.05) is 18.2 Å². The van der Waals surface area contributed by atoms with Crippen molar-refractivity contribution in [2.45, 2.75) is 26.3 Å². The minimum Gasteiger partial charge on any atom is -0.342 e. The van der Waals surface area contributed by atoms with Crippen molar-refractivity contribution in [2.75, 3.05) is 0 Å². The maximum absolute atomic E-state index is 13.3. The number of hydrogen-bond donors (Lipinski definition) is 1. The molecule has 0 saturated carbocycles. The molecule has 1 unspecified atom stereocenters. The molecular weight excluding hydrogens is 350 g/mol. The molecule has 0 saturated heterocycles. The molecule has 1 aliphatic rings. The number of nitrogens with zero attached hydrogens (tertiary/aromatic N) is 2. The zero-order valence-corrected chi connectivity index (χ0v) is 15.2. The van der Waals surface area contributed by atoms with Crippen LogP contribution in [0, 0.1) is 5.92 Å². The van der Waals surface area contributed by atoms with Crippen molar-refractivity contribution in [1.82, 2.24) is 14.9 Å². The molecule has 0 spiro atoms. The number of carbonyl (C=O) groups is 1. The largest absolute Gasteiger partial charge is 0.342 e. The molecule has 0 radical (unpaired) electrons. The number of nitrogens with one attached hydrogen (secondary N) is 1. The SMILES string of the molecule is CC(C)CC1NC(=O)c2ccc(Cl)cc2-n2c1nc1ccccc1c2=O. The van der Waals surface area contributed by atoms with Crippen LogP contribution in [0.3, 0.4) is 0 Å². The minimum atomic E-state index is -0.356. The second kappa shape index (κ2) is 6.25. The summed E-state index contributed by atoms with van der Waals surface area (Å²) >= 11 is 6.17. The van der Waals surface area contributed by atoms with E-state index in [0.29, 0.717) is 45.3 Å². The fraction of sp³-hybridized carbons (Fsp3) is 0.250. The lowest BCUT2D eigenvalue weighted by Crippen LogP contribution is -2.31. The molecule has 1 N–H and O–H groups in total. The second-order valence-electron chi connectivity index (χ2n) is 6.94. The summed E-state index contributed by atoms with van der Waals surface area (Å²) in [6, 6.07) is 11.8. The van der Waals surface area contributed by atoms with Gasteiger partial charge in [-0.2, -0.15) is 0 Å². The van der Waals surface area contributed by atoms with Gasteiger partial charge >= 0.3 is 0 Å². The number of amides is 1. The number of aromatic nitrogens is 2. The summed E-state index contributed by atoms with van der Waals surface area (Å²) in [4.78, 5) is 30.8. The molecular formula is C20H18ClN3O2. The standard InChI is InChI=1S/C20H18ClN3O2/c1-11(2)9-16-18-22-15-6-4-3-5-13(15)20(26)24(18)17-10-12(21)7-8-14(17)19(25)23-16/h3-8,10-11,16H,9H2,1-2H3,(H,23,25).